The molecule has 10 heteroatoms. The third-order valence-corrected chi connectivity index (χ3v) is 7.10. The molecule has 1 saturated carbocycles. The topological polar surface area (TPSA) is 113 Å². The fourth-order valence-electron chi connectivity index (χ4n) is 5.28. The van der Waals surface area contributed by atoms with E-state index in [0.29, 0.717) is 23.4 Å². The summed E-state index contributed by atoms with van der Waals surface area (Å²) < 4.78 is 7.40. The van der Waals surface area contributed by atoms with Gasteiger partial charge in [0.25, 0.3) is 0 Å². The molecule has 5 heterocycles. The number of carbonyl (C=O) groups excluding carboxylic acids is 1. The maximum Gasteiger partial charge on any atom is 0.228 e. The first-order chi connectivity index (χ1) is 16.7. The molecule has 4 aromatic heterocycles. The van der Waals surface area contributed by atoms with E-state index in [4.69, 9.17) is 9.72 Å². The first-order valence-corrected chi connectivity index (χ1v) is 12.0. The van der Waals surface area contributed by atoms with Crippen molar-refractivity contribution in [2.75, 3.05) is 25.5 Å². The number of nitrogens with zero attached hydrogens (tertiary/aromatic N) is 6. The van der Waals surface area contributed by atoms with Gasteiger partial charge in [-0.3, -0.25) is 4.79 Å². The lowest BCUT2D eigenvalue weighted by molar-refractivity contribution is -0.135. The molecular formula is C24H28N8O2. The van der Waals surface area contributed by atoms with Gasteiger partial charge in [0.15, 0.2) is 5.65 Å². The van der Waals surface area contributed by atoms with Crippen molar-refractivity contribution < 1.29 is 9.53 Å². The molecule has 0 atom stereocenters. The number of amides is 1. The number of fused-ring (bicyclic) bond motifs is 2. The highest BCUT2D eigenvalue weighted by Crippen LogP contribution is 2.35. The van der Waals surface area contributed by atoms with Gasteiger partial charge in [-0.2, -0.15) is 15.1 Å². The molecule has 4 aromatic rings. The Bertz CT molecular complexity index is 1330. The summed E-state index contributed by atoms with van der Waals surface area (Å²) in [6.45, 7) is 1.85. The van der Waals surface area contributed by atoms with Gasteiger partial charge in [0.05, 0.1) is 12.5 Å². The van der Waals surface area contributed by atoms with Gasteiger partial charge in [-0.15, -0.1) is 0 Å². The van der Waals surface area contributed by atoms with Crippen molar-refractivity contribution in [1.29, 1.82) is 0 Å². The van der Waals surface area contributed by atoms with Gasteiger partial charge < -0.3 is 19.9 Å². The number of carbonyl (C=O) groups is 1. The summed E-state index contributed by atoms with van der Waals surface area (Å²) in [5, 5.41) is 8.53. The van der Waals surface area contributed by atoms with Crippen LogP contribution in [0.3, 0.4) is 0 Å². The lowest BCUT2D eigenvalue weighted by Gasteiger charge is -2.30. The third kappa shape index (κ3) is 3.72. The molecule has 6 rings (SSSR count). The summed E-state index contributed by atoms with van der Waals surface area (Å²) in [6, 6.07) is 4.17. The third-order valence-electron chi connectivity index (χ3n) is 7.10. The van der Waals surface area contributed by atoms with E-state index in [-0.39, 0.29) is 12.0 Å². The zero-order valence-corrected chi connectivity index (χ0v) is 19.2. The van der Waals surface area contributed by atoms with Crippen LogP contribution in [0, 0.1) is 5.92 Å². The van der Waals surface area contributed by atoms with E-state index in [0.717, 1.165) is 73.8 Å². The van der Waals surface area contributed by atoms with Crippen LogP contribution in [-0.2, 0) is 4.79 Å². The number of hydrogen-bond acceptors (Lipinski definition) is 7. The quantitative estimate of drug-likeness (QED) is 0.470. The number of ether oxygens (including phenoxy) is 1. The molecule has 176 valence electrons. The molecule has 1 aliphatic heterocycles. The summed E-state index contributed by atoms with van der Waals surface area (Å²) in [4.78, 5) is 31.6. The molecule has 2 N–H and O–H groups in total. The van der Waals surface area contributed by atoms with Gasteiger partial charge in [0, 0.05) is 48.6 Å². The maximum absolute atomic E-state index is 12.7. The number of H-pyrrole nitrogens is 1. The Morgan fingerprint density at radius 2 is 1.97 bits per heavy atom. The number of likely N-dealkylation sites (tertiary alicyclic amines) is 1. The highest BCUT2D eigenvalue weighted by Gasteiger charge is 2.31. The fourth-order valence-corrected chi connectivity index (χ4v) is 5.28. The number of hydrogen-bond donors (Lipinski definition) is 2. The number of aromatic amines is 1. The lowest BCUT2D eigenvalue weighted by atomic mass is 9.85. The van der Waals surface area contributed by atoms with Crippen LogP contribution in [0.4, 0.5) is 5.95 Å². The Labute approximate surface area is 196 Å². The molecule has 0 bridgehead atoms. The Kier molecular flexibility index (Phi) is 5.27. The fraction of sp³-hybridized carbons (Fsp3) is 0.458. The average molecular weight is 461 g/mol. The number of nitrogens with one attached hydrogen (secondary N) is 2. The minimum absolute atomic E-state index is 0.155. The van der Waals surface area contributed by atoms with Crippen LogP contribution in [0.5, 0.6) is 5.88 Å². The predicted octanol–water partition coefficient (Wildman–Crippen LogP) is 3.27. The maximum atomic E-state index is 12.7. The summed E-state index contributed by atoms with van der Waals surface area (Å²) in [7, 11) is 1.62. The largest absolute Gasteiger partial charge is 0.480 e. The van der Waals surface area contributed by atoms with Gasteiger partial charge >= 0.3 is 0 Å². The molecule has 0 aromatic carbocycles. The molecule has 10 nitrogen and oxygen atoms in total. The summed E-state index contributed by atoms with van der Waals surface area (Å²) in [6.07, 6.45) is 11.3. The Morgan fingerprint density at radius 1 is 1.15 bits per heavy atom. The second-order valence-electron chi connectivity index (χ2n) is 9.19. The van der Waals surface area contributed by atoms with E-state index in [9.17, 15) is 4.79 Å². The van der Waals surface area contributed by atoms with E-state index in [1.807, 2.05) is 29.4 Å². The summed E-state index contributed by atoms with van der Waals surface area (Å²) in [5.41, 5.74) is 3.40. The highest BCUT2D eigenvalue weighted by atomic mass is 16.5. The lowest BCUT2D eigenvalue weighted by Crippen LogP contribution is -2.37. The zero-order valence-electron chi connectivity index (χ0n) is 19.2. The number of aromatic nitrogens is 6. The van der Waals surface area contributed by atoms with Gasteiger partial charge in [-0.1, -0.05) is 0 Å². The highest BCUT2D eigenvalue weighted by molar-refractivity contribution is 5.97. The van der Waals surface area contributed by atoms with E-state index in [1.54, 1.807) is 11.6 Å². The number of methoxy groups -OCH3 is 1. The second kappa shape index (κ2) is 8.58. The smallest absolute Gasteiger partial charge is 0.228 e. The van der Waals surface area contributed by atoms with E-state index >= 15 is 0 Å². The number of pyridine rings is 1. The van der Waals surface area contributed by atoms with Gasteiger partial charge in [0.1, 0.15) is 12.0 Å². The van der Waals surface area contributed by atoms with Crippen LogP contribution in [0.2, 0.25) is 0 Å². The molecule has 2 fully saturated rings. The van der Waals surface area contributed by atoms with E-state index in [1.165, 1.54) is 6.33 Å². The van der Waals surface area contributed by atoms with Crippen LogP contribution in [0.25, 0.3) is 27.8 Å². The zero-order chi connectivity index (χ0) is 23.1. The molecule has 1 saturated heterocycles. The van der Waals surface area contributed by atoms with Crippen LogP contribution < -0.4 is 10.1 Å². The van der Waals surface area contributed by atoms with Crippen molar-refractivity contribution in [1.82, 2.24) is 34.4 Å². The first-order valence-electron chi connectivity index (χ1n) is 12.0. The molecule has 0 radical (unpaired) electrons. The average Bonchev–Trinajstić information content (AvgIpc) is 3.64. The van der Waals surface area contributed by atoms with Gasteiger partial charge in [0.2, 0.25) is 17.7 Å². The SMILES string of the molecule is COc1nc(N[C@H]2CC[C@@H](C(=O)N3CCCC3)CC2)nc2[nH]cc(-c3ccc4ncnn4c3)c12. The van der Waals surface area contributed by atoms with Crippen molar-refractivity contribution in [3.05, 3.63) is 30.9 Å². The normalized spacial score (nSPS) is 20.8. The molecule has 1 amide bonds. The molecular weight excluding hydrogens is 432 g/mol. The van der Waals surface area contributed by atoms with Crippen molar-refractivity contribution in [3.63, 3.8) is 0 Å². The van der Waals surface area contributed by atoms with Crippen LogP contribution in [0.15, 0.2) is 30.9 Å². The van der Waals surface area contributed by atoms with Gasteiger partial charge in [-0.05, 0) is 50.7 Å². The molecule has 0 unspecified atom stereocenters. The van der Waals surface area contributed by atoms with Crippen molar-refractivity contribution in [3.8, 4) is 17.0 Å². The molecule has 1 aliphatic carbocycles. The van der Waals surface area contributed by atoms with E-state index < -0.39 is 0 Å². The number of anilines is 1. The van der Waals surface area contributed by atoms with Crippen LogP contribution in [-0.4, -0.2) is 66.6 Å². The van der Waals surface area contributed by atoms with Crippen LogP contribution >= 0.6 is 0 Å². The summed E-state index contributed by atoms with van der Waals surface area (Å²) in [5.74, 6) is 1.56. The van der Waals surface area contributed by atoms with Gasteiger partial charge in [-0.25, -0.2) is 9.50 Å². The van der Waals surface area contributed by atoms with Crippen molar-refractivity contribution >= 4 is 28.5 Å². The number of rotatable bonds is 5. The standard InChI is InChI=1S/C24H28N8O2/c1-34-22-20-18(16-6-9-19-26-14-27-32(19)13-16)12-25-21(20)29-24(30-22)28-17-7-4-15(5-8-17)23(33)31-10-2-3-11-31/h6,9,12-15,17H,2-5,7-8,10-11H2,1H3,(H2,25,28,29,30)/t15-,17+. The summed E-state index contributed by atoms with van der Waals surface area (Å²) >= 11 is 0. The Morgan fingerprint density at radius 3 is 2.76 bits per heavy atom. The van der Waals surface area contributed by atoms with Crippen LogP contribution in [0.1, 0.15) is 38.5 Å². The molecule has 34 heavy (non-hydrogen) atoms. The predicted molar refractivity (Wildman–Crippen MR) is 128 cm³/mol. The van der Waals surface area contributed by atoms with Crippen molar-refractivity contribution in [2.24, 2.45) is 5.92 Å². The Hall–Kier alpha value is -3.69. The monoisotopic (exact) mass is 460 g/mol. The molecule has 0 spiro atoms. The minimum Gasteiger partial charge on any atom is -0.480 e. The van der Waals surface area contributed by atoms with Crippen molar-refractivity contribution in [2.45, 2.75) is 44.6 Å². The Balaban J connectivity index is 1.20. The van der Waals surface area contributed by atoms with E-state index in [2.05, 4.69) is 25.4 Å². The minimum atomic E-state index is 0.155. The second-order valence-corrected chi connectivity index (χ2v) is 9.19. The first kappa shape index (κ1) is 20.9. The molecule has 2 aliphatic rings.